The van der Waals surface area contributed by atoms with Crippen molar-refractivity contribution < 1.29 is 27.8 Å². The van der Waals surface area contributed by atoms with Crippen LogP contribution in [-0.4, -0.2) is 17.6 Å². The maximum Gasteiger partial charge on any atom is 0.464 e. The van der Waals surface area contributed by atoms with Gasteiger partial charge in [0.2, 0.25) is 5.75 Å². The molecule has 0 bridgehead atoms. The van der Waals surface area contributed by atoms with Crippen molar-refractivity contribution >= 4 is 0 Å². The van der Waals surface area contributed by atoms with Crippen LogP contribution in [0.4, 0.5) is 13.2 Å². The first kappa shape index (κ1) is 8.98. The van der Waals surface area contributed by atoms with Crippen LogP contribution in [0.1, 0.15) is 0 Å². The Morgan fingerprint density at radius 2 is 1.93 bits per heavy atom. The molecular formula is C8H5F3O3. The lowest BCUT2D eigenvalue weighted by Gasteiger charge is -2.12. The number of alkyl halides is 3. The average Bonchev–Trinajstić information content (AvgIpc) is 2.48. The van der Waals surface area contributed by atoms with Crippen molar-refractivity contribution in [1.29, 1.82) is 0 Å². The summed E-state index contributed by atoms with van der Waals surface area (Å²) in [5.74, 6) is -0.739. The molecule has 1 aromatic rings. The fourth-order valence-corrected chi connectivity index (χ4v) is 1.10. The van der Waals surface area contributed by atoms with Gasteiger partial charge in [-0.25, -0.2) is 0 Å². The highest BCUT2D eigenvalue weighted by Gasteiger charge is 2.48. The van der Waals surface area contributed by atoms with Crippen molar-refractivity contribution in [3.63, 3.8) is 0 Å². The molecular weight excluding hydrogens is 201 g/mol. The summed E-state index contributed by atoms with van der Waals surface area (Å²) >= 11 is 0. The zero-order chi connectivity index (χ0) is 10.3. The minimum absolute atomic E-state index is 0.104. The van der Waals surface area contributed by atoms with Crippen molar-refractivity contribution in [1.82, 2.24) is 0 Å². The van der Waals surface area contributed by atoms with E-state index in [1.54, 1.807) is 0 Å². The van der Waals surface area contributed by atoms with Crippen molar-refractivity contribution in [3.05, 3.63) is 18.2 Å². The smallest absolute Gasteiger partial charge is 0.464 e. The number of fused-ring (bicyclic) bond motifs is 1. The molecule has 1 atom stereocenters. The summed E-state index contributed by atoms with van der Waals surface area (Å²) in [6.45, 7) is 0. The highest BCUT2D eigenvalue weighted by atomic mass is 19.4. The Kier molecular flexibility index (Phi) is 1.73. The van der Waals surface area contributed by atoms with Gasteiger partial charge in [-0.15, -0.1) is 0 Å². The molecule has 0 saturated carbocycles. The van der Waals surface area contributed by atoms with Gasteiger partial charge in [-0.3, -0.25) is 0 Å². The highest BCUT2D eigenvalue weighted by molar-refractivity contribution is 5.52. The van der Waals surface area contributed by atoms with E-state index in [2.05, 4.69) is 9.47 Å². The fourth-order valence-electron chi connectivity index (χ4n) is 1.10. The summed E-state index contributed by atoms with van der Waals surface area (Å²) in [5.41, 5.74) is 0. The Morgan fingerprint density at radius 1 is 1.21 bits per heavy atom. The average molecular weight is 206 g/mol. The normalized spacial score (nSPS) is 19.8. The van der Waals surface area contributed by atoms with Crippen LogP contribution in [0.25, 0.3) is 0 Å². The van der Waals surface area contributed by atoms with Crippen LogP contribution >= 0.6 is 0 Å². The topological polar surface area (TPSA) is 38.7 Å². The van der Waals surface area contributed by atoms with Gasteiger partial charge < -0.3 is 14.6 Å². The molecule has 1 aliphatic heterocycles. The van der Waals surface area contributed by atoms with E-state index in [1.807, 2.05) is 0 Å². The third-order valence-electron chi connectivity index (χ3n) is 1.68. The molecule has 6 heteroatoms. The van der Waals surface area contributed by atoms with Gasteiger partial charge in [0.25, 0.3) is 0 Å². The van der Waals surface area contributed by atoms with Crippen molar-refractivity contribution in [2.24, 2.45) is 0 Å². The number of hydrogen-bond acceptors (Lipinski definition) is 3. The largest absolute Gasteiger partial charge is 0.504 e. The molecule has 1 N–H and O–H groups in total. The quantitative estimate of drug-likeness (QED) is 0.706. The summed E-state index contributed by atoms with van der Waals surface area (Å²) in [5, 5.41) is 9.14. The molecule has 76 valence electrons. The molecule has 1 aliphatic rings. The lowest BCUT2D eigenvalue weighted by Crippen LogP contribution is -2.35. The predicted molar refractivity (Wildman–Crippen MR) is 39.2 cm³/mol. The maximum absolute atomic E-state index is 12.1. The van der Waals surface area contributed by atoms with Gasteiger partial charge in [-0.05, 0) is 12.1 Å². The number of benzene rings is 1. The molecule has 0 aliphatic carbocycles. The molecule has 1 unspecified atom stereocenters. The third-order valence-corrected chi connectivity index (χ3v) is 1.68. The second-order valence-corrected chi connectivity index (χ2v) is 2.71. The first-order valence-corrected chi connectivity index (χ1v) is 3.70. The molecule has 0 saturated heterocycles. The van der Waals surface area contributed by atoms with Gasteiger partial charge >= 0.3 is 12.5 Å². The van der Waals surface area contributed by atoms with Gasteiger partial charge in [0.1, 0.15) is 0 Å². The molecule has 1 aromatic carbocycles. The van der Waals surface area contributed by atoms with Gasteiger partial charge in [0.05, 0.1) is 0 Å². The molecule has 0 amide bonds. The minimum Gasteiger partial charge on any atom is -0.504 e. The SMILES string of the molecule is Oc1cccc2c1OC(C(F)(F)F)O2. The zero-order valence-corrected chi connectivity index (χ0v) is 6.71. The van der Waals surface area contributed by atoms with Gasteiger partial charge in [0.15, 0.2) is 11.5 Å². The minimum atomic E-state index is -4.61. The zero-order valence-electron chi connectivity index (χ0n) is 6.71. The van der Waals surface area contributed by atoms with Crippen LogP contribution in [0.5, 0.6) is 17.2 Å². The number of phenolic OH excluding ortho intramolecular Hbond substituents is 1. The van der Waals surface area contributed by atoms with Crippen LogP contribution < -0.4 is 9.47 Å². The molecule has 14 heavy (non-hydrogen) atoms. The van der Waals surface area contributed by atoms with Gasteiger partial charge in [-0.1, -0.05) is 6.07 Å². The number of hydrogen-bond donors (Lipinski definition) is 1. The van der Waals surface area contributed by atoms with Crippen molar-refractivity contribution in [3.8, 4) is 17.2 Å². The van der Waals surface area contributed by atoms with Crippen LogP contribution in [0, 0.1) is 0 Å². The van der Waals surface area contributed by atoms with Crippen molar-refractivity contribution in [2.45, 2.75) is 12.5 Å². The maximum atomic E-state index is 12.1. The fraction of sp³-hybridized carbons (Fsp3) is 0.250. The number of halogens is 3. The molecule has 0 fully saturated rings. The first-order chi connectivity index (χ1) is 6.48. The molecule has 3 nitrogen and oxygen atoms in total. The standard InChI is InChI=1S/C8H5F3O3/c9-8(10,11)7-13-5-3-1-2-4(12)6(5)14-7/h1-3,7,12H. The number of phenols is 1. The summed E-state index contributed by atoms with van der Waals surface area (Å²) in [6.07, 6.45) is -6.93. The Bertz CT molecular complexity index is 361. The van der Waals surface area contributed by atoms with E-state index in [0.717, 1.165) is 0 Å². The van der Waals surface area contributed by atoms with E-state index < -0.39 is 12.5 Å². The third kappa shape index (κ3) is 1.32. The summed E-state index contributed by atoms with van der Waals surface area (Å²) in [6, 6.07) is 3.89. The van der Waals surface area contributed by atoms with Crippen LogP contribution in [-0.2, 0) is 0 Å². The summed E-state index contributed by atoms with van der Waals surface area (Å²) in [7, 11) is 0. The van der Waals surface area contributed by atoms with E-state index in [4.69, 9.17) is 5.11 Å². The van der Waals surface area contributed by atoms with E-state index >= 15 is 0 Å². The lowest BCUT2D eigenvalue weighted by atomic mass is 10.3. The second-order valence-electron chi connectivity index (χ2n) is 2.71. The first-order valence-electron chi connectivity index (χ1n) is 3.70. The van der Waals surface area contributed by atoms with E-state index in [1.165, 1.54) is 18.2 Å². The molecule has 0 radical (unpaired) electrons. The Morgan fingerprint density at radius 3 is 2.50 bits per heavy atom. The van der Waals surface area contributed by atoms with Crippen LogP contribution in [0.15, 0.2) is 18.2 Å². The van der Waals surface area contributed by atoms with E-state index in [-0.39, 0.29) is 17.2 Å². The van der Waals surface area contributed by atoms with E-state index in [0.29, 0.717) is 0 Å². The Labute approximate surface area is 76.7 Å². The predicted octanol–water partition coefficient (Wildman–Crippen LogP) is 2.05. The Hall–Kier alpha value is -1.59. The summed E-state index contributed by atoms with van der Waals surface area (Å²) < 4.78 is 45.2. The molecule has 2 rings (SSSR count). The Balaban J connectivity index is 2.31. The van der Waals surface area contributed by atoms with Crippen LogP contribution in [0.2, 0.25) is 0 Å². The number of rotatable bonds is 0. The lowest BCUT2D eigenvalue weighted by molar-refractivity contribution is -0.242. The second kappa shape index (κ2) is 2.70. The molecule has 0 spiro atoms. The summed E-state index contributed by atoms with van der Waals surface area (Å²) in [4.78, 5) is 0. The van der Waals surface area contributed by atoms with Gasteiger partial charge in [-0.2, -0.15) is 13.2 Å². The monoisotopic (exact) mass is 206 g/mol. The van der Waals surface area contributed by atoms with E-state index in [9.17, 15) is 13.2 Å². The van der Waals surface area contributed by atoms with Gasteiger partial charge in [0, 0.05) is 0 Å². The van der Waals surface area contributed by atoms with Crippen molar-refractivity contribution in [2.75, 3.05) is 0 Å². The molecule has 1 heterocycles. The number of ether oxygens (including phenoxy) is 2. The molecule has 0 aromatic heterocycles. The van der Waals surface area contributed by atoms with Crippen LogP contribution in [0.3, 0.4) is 0 Å². The highest BCUT2D eigenvalue weighted by Crippen LogP contribution is 2.44. The number of aromatic hydroxyl groups is 1. The number of para-hydroxylation sites is 1.